The summed E-state index contributed by atoms with van der Waals surface area (Å²) in [7, 11) is 1.94. The van der Waals surface area contributed by atoms with Gasteiger partial charge in [0, 0.05) is 46.6 Å². The van der Waals surface area contributed by atoms with Gasteiger partial charge in [0.25, 0.3) is 0 Å². The quantitative estimate of drug-likeness (QED) is 0.281. The van der Waals surface area contributed by atoms with Gasteiger partial charge in [-0.3, -0.25) is 0 Å². The topological polar surface area (TPSA) is 85.6 Å². The van der Waals surface area contributed by atoms with Crippen LogP contribution in [0.3, 0.4) is 0 Å². The molecule has 0 atom stereocenters. The van der Waals surface area contributed by atoms with E-state index in [2.05, 4.69) is 32.4 Å². The van der Waals surface area contributed by atoms with Crippen molar-refractivity contribution in [1.29, 1.82) is 0 Å². The average Bonchev–Trinajstić information content (AvgIpc) is 2.99. The van der Waals surface area contributed by atoms with Crippen LogP contribution < -0.4 is 10.6 Å². The Morgan fingerprint density at radius 2 is 2.19 bits per heavy atom. The van der Waals surface area contributed by atoms with Crippen molar-refractivity contribution < 1.29 is 9.47 Å². The monoisotopic (exact) mass is 364 g/mol. The van der Waals surface area contributed by atoms with Crippen molar-refractivity contribution in [3.05, 3.63) is 24.3 Å². The van der Waals surface area contributed by atoms with Gasteiger partial charge in [0.1, 0.15) is 12.4 Å². The van der Waals surface area contributed by atoms with Crippen molar-refractivity contribution in [3.8, 4) is 0 Å². The Labute approximate surface area is 156 Å². The summed E-state index contributed by atoms with van der Waals surface area (Å²) in [6, 6.07) is 0. The second kappa shape index (κ2) is 11.6. The lowest BCUT2D eigenvalue weighted by atomic mass is 10.0. The Kier molecular flexibility index (Phi) is 9.13. The highest BCUT2D eigenvalue weighted by Gasteiger charge is 2.13. The van der Waals surface area contributed by atoms with Crippen LogP contribution in [0.5, 0.6) is 0 Å². The third-order valence-corrected chi connectivity index (χ3v) is 4.43. The van der Waals surface area contributed by atoms with Crippen LogP contribution in [0.25, 0.3) is 0 Å². The summed E-state index contributed by atoms with van der Waals surface area (Å²) >= 11 is 0. The fourth-order valence-electron chi connectivity index (χ4n) is 2.63. The maximum atomic E-state index is 5.79. The summed E-state index contributed by atoms with van der Waals surface area (Å²) < 4.78 is 13.1. The van der Waals surface area contributed by atoms with E-state index in [-0.39, 0.29) is 0 Å². The summed E-state index contributed by atoms with van der Waals surface area (Å²) in [6.07, 6.45) is 4.96. The van der Waals surface area contributed by atoms with Crippen molar-refractivity contribution in [2.45, 2.75) is 32.7 Å². The molecule has 1 aliphatic rings. The molecule has 0 aromatic carbocycles. The number of nitrogens with zero attached hydrogens (tertiary/aromatic N) is 4. The van der Waals surface area contributed by atoms with E-state index >= 15 is 0 Å². The number of nitrogens with one attached hydrogen (secondary N) is 2. The molecule has 0 bridgehead atoms. The molecular weight excluding hydrogens is 332 g/mol. The number of aliphatic imine (C=N–C) groups is 1. The van der Waals surface area contributed by atoms with Crippen LogP contribution in [0.2, 0.25) is 0 Å². The van der Waals surface area contributed by atoms with E-state index in [9.17, 15) is 0 Å². The lowest BCUT2D eigenvalue weighted by Crippen LogP contribution is -2.38. The number of ether oxygens (including phenoxy) is 2. The second-order valence-corrected chi connectivity index (χ2v) is 6.47. The molecule has 0 spiro atoms. The van der Waals surface area contributed by atoms with Crippen molar-refractivity contribution in [2.75, 3.05) is 39.5 Å². The highest BCUT2D eigenvalue weighted by atomic mass is 16.5. The van der Waals surface area contributed by atoms with Gasteiger partial charge in [-0.25, -0.2) is 4.99 Å². The zero-order valence-electron chi connectivity index (χ0n) is 16.0. The van der Waals surface area contributed by atoms with E-state index in [1.165, 1.54) is 0 Å². The summed E-state index contributed by atoms with van der Waals surface area (Å²) in [5.74, 6) is 3.11. The third-order valence-electron chi connectivity index (χ3n) is 4.43. The van der Waals surface area contributed by atoms with Gasteiger partial charge in [-0.1, -0.05) is 6.08 Å². The molecule has 2 rings (SSSR count). The Morgan fingerprint density at radius 1 is 1.38 bits per heavy atom. The first kappa shape index (κ1) is 20.4. The minimum Gasteiger partial charge on any atom is -0.381 e. The molecule has 0 aliphatic carbocycles. The molecule has 0 unspecified atom stereocenters. The van der Waals surface area contributed by atoms with E-state index < -0.39 is 0 Å². The maximum Gasteiger partial charge on any atom is 0.191 e. The molecule has 0 amide bonds. The molecule has 0 radical (unpaired) electrons. The normalized spacial score (nSPS) is 15.8. The Balaban J connectivity index is 1.66. The van der Waals surface area contributed by atoms with Gasteiger partial charge in [0.2, 0.25) is 0 Å². The molecule has 8 nitrogen and oxygen atoms in total. The van der Waals surface area contributed by atoms with Gasteiger partial charge in [-0.2, -0.15) is 0 Å². The predicted octanol–water partition coefficient (Wildman–Crippen LogP) is 1.18. The maximum absolute atomic E-state index is 5.79. The van der Waals surface area contributed by atoms with Gasteiger partial charge in [0.05, 0.1) is 0 Å². The summed E-state index contributed by atoms with van der Waals surface area (Å²) in [6.45, 7) is 10.9. The van der Waals surface area contributed by atoms with Crippen molar-refractivity contribution >= 4 is 5.96 Å². The summed E-state index contributed by atoms with van der Waals surface area (Å²) in [4.78, 5) is 4.57. The van der Waals surface area contributed by atoms with Crippen molar-refractivity contribution in [2.24, 2.45) is 18.0 Å². The van der Waals surface area contributed by atoms with E-state index in [1.807, 2.05) is 18.5 Å². The highest BCUT2D eigenvalue weighted by Crippen LogP contribution is 2.14. The van der Waals surface area contributed by atoms with Crippen LogP contribution in [-0.2, 0) is 23.1 Å². The van der Waals surface area contributed by atoms with Crippen LogP contribution >= 0.6 is 0 Å². The third kappa shape index (κ3) is 7.13. The fraction of sp³-hybridized carbons (Fsp3) is 0.722. The van der Waals surface area contributed by atoms with Gasteiger partial charge >= 0.3 is 0 Å². The fourth-order valence-corrected chi connectivity index (χ4v) is 2.63. The number of rotatable bonds is 10. The van der Waals surface area contributed by atoms with Gasteiger partial charge in [0.15, 0.2) is 11.8 Å². The number of hydrogen-bond acceptors (Lipinski definition) is 5. The molecule has 1 aromatic heterocycles. The van der Waals surface area contributed by atoms with Crippen molar-refractivity contribution in [1.82, 2.24) is 25.4 Å². The molecule has 2 heterocycles. The molecule has 1 fully saturated rings. The van der Waals surface area contributed by atoms with Crippen LogP contribution in [0.4, 0.5) is 0 Å². The van der Waals surface area contributed by atoms with E-state index in [0.717, 1.165) is 69.8 Å². The largest absolute Gasteiger partial charge is 0.381 e. The van der Waals surface area contributed by atoms with Crippen LogP contribution in [-0.4, -0.2) is 60.2 Å². The predicted molar refractivity (Wildman–Crippen MR) is 102 cm³/mol. The highest BCUT2D eigenvalue weighted by molar-refractivity contribution is 5.79. The second-order valence-electron chi connectivity index (χ2n) is 6.47. The molecule has 1 aliphatic heterocycles. The van der Waals surface area contributed by atoms with Crippen molar-refractivity contribution in [3.63, 3.8) is 0 Å². The summed E-state index contributed by atoms with van der Waals surface area (Å²) in [5.41, 5.74) is 0. The Hall–Kier alpha value is -1.93. The zero-order valence-corrected chi connectivity index (χ0v) is 16.0. The van der Waals surface area contributed by atoms with Gasteiger partial charge in [-0.05, 0) is 32.1 Å². The first-order chi connectivity index (χ1) is 12.7. The Morgan fingerprint density at radius 3 is 2.88 bits per heavy atom. The van der Waals surface area contributed by atoms with Crippen LogP contribution in [0.1, 0.15) is 30.9 Å². The molecule has 26 heavy (non-hydrogen) atoms. The number of aromatic nitrogens is 3. The zero-order chi connectivity index (χ0) is 18.6. The van der Waals surface area contributed by atoms with E-state index in [4.69, 9.17) is 9.47 Å². The molecule has 1 aromatic rings. The smallest absolute Gasteiger partial charge is 0.191 e. The molecule has 0 saturated carbocycles. The lowest BCUT2D eigenvalue weighted by molar-refractivity contribution is 0.0203. The van der Waals surface area contributed by atoms with E-state index in [0.29, 0.717) is 19.0 Å². The lowest BCUT2D eigenvalue weighted by Gasteiger charge is -2.21. The van der Waals surface area contributed by atoms with Crippen LogP contribution in [0.15, 0.2) is 17.6 Å². The number of hydrogen-bond donors (Lipinski definition) is 2. The first-order valence-corrected chi connectivity index (χ1v) is 9.34. The summed E-state index contributed by atoms with van der Waals surface area (Å²) in [5, 5.41) is 14.7. The van der Waals surface area contributed by atoms with Crippen LogP contribution in [0, 0.1) is 12.8 Å². The van der Waals surface area contributed by atoms with Gasteiger partial charge < -0.3 is 24.7 Å². The molecule has 1 saturated heterocycles. The number of guanidine groups is 1. The SMILES string of the molecule is C=CCNC(=NCc1nnc(C)n1C)NCCCOCC1CCOCC1. The number of aryl methyl sites for hydroxylation is 1. The molecule has 146 valence electrons. The Bertz CT molecular complexity index is 566. The molecule has 2 N–H and O–H groups in total. The minimum atomic E-state index is 0.476. The van der Waals surface area contributed by atoms with E-state index in [1.54, 1.807) is 6.08 Å². The average molecular weight is 364 g/mol. The van der Waals surface area contributed by atoms with Gasteiger partial charge in [-0.15, -0.1) is 16.8 Å². The molecular formula is C18H32N6O2. The minimum absolute atomic E-state index is 0.476. The molecule has 8 heteroatoms. The first-order valence-electron chi connectivity index (χ1n) is 9.34. The standard InChI is InChI=1S/C18H32N6O2/c1-4-8-19-18(21-13-17-23-22-15(2)24(17)3)20-9-5-10-26-14-16-6-11-25-12-7-16/h4,16H,1,5-14H2,2-3H3,(H2,19,20,21).